The van der Waals surface area contributed by atoms with E-state index in [0.29, 0.717) is 29.6 Å². The third-order valence-corrected chi connectivity index (χ3v) is 4.01. The van der Waals surface area contributed by atoms with Crippen LogP contribution >= 0.6 is 0 Å². The molecule has 4 nitrogen and oxygen atoms in total. The zero-order chi connectivity index (χ0) is 17.1. The number of ether oxygens (including phenoxy) is 1. The van der Waals surface area contributed by atoms with Gasteiger partial charge in [0, 0.05) is 6.07 Å². The number of nitrogen functional groups attached to an aromatic ring is 1. The number of aromatic nitrogens is 1. The molecule has 0 saturated heterocycles. The summed E-state index contributed by atoms with van der Waals surface area (Å²) in [7, 11) is 0. The summed E-state index contributed by atoms with van der Waals surface area (Å²) >= 11 is 0. The van der Waals surface area contributed by atoms with E-state index in [4.69, 9.17) is 10.5 Å². The minimum Gasteiger partial charge on any atom is -0.439 e. The molecular weight excluding hydrogens is 298 g/mol. The highest BCUT2D eigenvalue weighted by atomic mass is 16.5. The lowest BCUT2D eigenvalue weighted by Gasteiger charge is -2.14. The highest BCUT2D eigenvalue weighted by molar-refractivity contribution is 5.57. The van der Waals surface area contributed by atoms with E-state index in [1.807, 2.05) is 54.0 Å². The van der Waals surface area contributed by atoms with Gasteiger partial charge >= 0.3 is 0 Å². The number of hydrogen-bond acceptors (Lipinski definition) is 3. The van der Waals surface area contributed by atoms with Crippen molar-refractivity contribution in [3.8, 4) is 17.7 Å². The summed E-state index contributed by atoms with van der Waals surface area (Å²) in [5, 5.41) is 9.42. The van der Waals surface area contributed by atoms with Crippen LogP contribution in [0.3, 0.4) is 0 Å². The Bertz CT molecular complexity index is 902. The molecule has 0 amide bonds. The fourth-order valence-corrected chi connectivity index (χ4v) is 2.59. The van der Waals surface area contributed by atoms with E-state index in [2.05, 4.69) is 19.1 Å². The van der Waals surface area contributed by atoms with Crippen LogP contribution in [0.4, 0.5) is 5.69 Å². The maximum atomic E-state index is 9.42. The molecule has 24 heavy (non-hydrogen) atoms. The average molecular weight is 317 g/mol. The van der Waals surface area contributed by atoms with E-state index in [0.717, 1.165) is 16.7 Å². The van der Waals surface area contributed by atoms with E-state index < -0.39 is 0 Å². The van der Waals surface area contributed by atoms with Gasteiger partial charge in [-0.3, -0.25) is 4.57 Å². The van der Waals surface area contributed by atoms with Crippen molar-refractivity contribution in [1.82, 2.24) is 4.57 Å². The van der Waals surface area contributed by atoms with Gasteiger partial charge in [0.05, 0.1) is 12.2 Å². The molecule has 0 aliphatic carbocycles. The molecule has 0 radical (unpaired) electrons. The molecule has 3 aromatic rings. The van der Waals surface area contributed by atoms with Crippen molar-refractivity contribution in [1.29, 1.82) is 5.26 Å². The molecule has 1 aromatic heterocycles. The first-order valence-corrected chi connectivity index (χ1v) is 7.76. The molecule has 2 aromatic carbocycles. The smallest absolute Gasteiger partial charge is 0.224 e. The first kappa shape index (κ1) is 15.7. The standard InChI is InChI=1S/C20H19N3O/c1-14-7-9-18(10-8-14)24-20-19(22)11-17(12-21)23(20)13-16-6-4-3-5-15(16)2/h3-11H,13,22H2,1-2H3. The minimum atomic E-state index is 0.459. The Morgan fingerprint density at radius 1 is 1.08 bits per heavy atom. The second kappa shape index (κ2) is 6.51. The fraction of sp³-hybridized carbons (Fsp3) is 0.150. The Balaban J connectivity index is 2.00. The number of aryl methyl sites for hydroxylation is 2. The summed E-state index contributed by atoms with van der Waals surface area (Å²) in [5.41, 5.74) is 10.5. The fourth-order valence-electron chi connectivity index (χ4n) is 2.59. The molecule has 0 bridgehead atoms. The minimum absolute atomic E-state index is 0.459. The van der Waals surface area contributed by atoms with E-state index in [1.54, 1.807) is 6.07 Å². The van der Waals surface area contributed by atoms with Crippen LogP contribution in [-0.2, 0) is 6.54 Å². The summed E-state index contributed by atoms with van der Waals surface area (Å²) in [6.07, 6.45) is 0. The third kappa shape index (κ3) is 3.11. The van der Waals surface area contributed by atoms with Crippen LogP contribution in [0.2, 0.25) is 0 Å². The number of benzene rings is 2. The second-order valence-corrected chi connectivity index (χ2v) is 5.83. The predicted octanol–water partition coefficient (Wildman–Crippen LogP) is 4.40. The van der Waals surface area contributed by atoms with Crippen LogP contribution in [0.25, 0.3) is 0 Å². The number of hydrogen-bond donors (Lipinski definition) is 1. The van der Waals surface area contributed by atoms with Gasteiger partial charge in [-0.15, -0.1) is 0 Å². The summed E-state index contributed by atoms with van der Waals surface area (Å²) < 4.78 is 7.79. The molecule has 3 rings (SSSR count). The van der Waals surface area contributed by atoms with Crippen molar-refractivity contribution in [2.45, 2.75) is 20.4 Å². The third-order valence-electron chi connectivity index (χ3n) is 4.01. The first-order chi connectivity index (χ1) is 11.6. The van der Waals surface area contributed by atoms with Crippen LogP contribution in [0, 0.1) is 25.2 Å². The van der Waals surface area contributed by atoms with Gasteiger partial charge in [-0.1, -0.05) is 42.0 Å². The topological polar surface area (TPSA) is 64.0 Å². The molecule has 0 saturated carbocycles. The van der Waals surface area contributed by atoms with Crippen molar-refractivity contribution >= 4 is 5.69 Å². The SMILES string of the molecule is Cc1ccc(Oc2c(N)cc(C#N)n2Cc2ccccc2C)cc1. The Morgan fingerprint density at radius 2 is 1.79 bits per heavy atom. The maximum absolute atomic E-state index is 9.42. The van der Waals surface area contributed by atoms with Crippen LogP contribution in [-0.4, -0.2) is 4.57 Å². The average Bonchev–Trinajstić information content (AvgIpc) is 2.87. The molecule has 1 heterocycles. The Labute approximate surface area is 141 Å². The predicted molar refractivity (Wildman–Crippen MR) is 95.1 cm³/mol. The van der Waals surface area contributed by atoms with Gasteiger partial charge in [-0.25, -0.2) is 0 Å². The van der Waals surface area contributed by atoms with E-state index in [-0.39, 0.29) is 0 Å². The lowest BCUT2D eigenvalue weighted by atomic mass is 10.1. The van der Waals surface area contributed by atoms with Gasteiger partial charge in [0.25, 0.3) is 0 Å². The summed E-state index contributed by atoms with van der Waals surface area (Å²) in [4.78, 5) is 0. The molecule has 2 N–H and O–H groups in total. The zero-order valence-electron chi connectivity index (χ0n) is 13.8. The Kier molecular flexibility index (Phi) is 4.26. The van der Waals surface area contributed by atoms with Crippen molar-refractivity contribution < 1.29 is 4.74 Å². The van der Waals surface area contributed by atoms with Crippen LogP contribution in [0.15, 0.2) is 54.6 Å². The number of nitrogens with zero attached hydrogens (tertiary/aromatic N) is 2. The first-order valence-electron chi connectivity index (χ1n) is 7.76. The van der Waals surface area contributed by atoms with Crippen molar-refractivity contribution in [2.24, 2.45) is 0 Å². The van der Waals surface area contributed by atoms with Crippen LogP contribution in [0.5, 0.6) is 11.6 Å². The van der Waals surface area contributed by atoms with E-state index >= 15 is 0 Å². The van der Waals surface area contributed by atoms with Gasteiger partial charge in [0.15, 0.2) is 0 Å². The maximum Gasteiger partial charge on any atom is 0.224 e. The van der Waals surface area contributed by atoms with E-state index in [1.165, 1.54) is 0 Å². The van der Waals surface area contributed by atoms with E-state index in [9.17, 15) is 5.26 Å². The quantitative estimate of drug-likeness (QED) is 0.775. The van der Waals surface area contributed by atoms with Crippen molar-refractivity contribution in [3.63, 3.8) is 0 Å². The molecule has 0 spiro atoms. The molecule has 0 aliphatic heterocycles. The summed E-state index contributed by atoms with van der Waals surface area (Å²) in [6.45, 7) is 4.61. The second-order valence-electron chi connectivity index (χ2n) is 5.83. The van der Waals surface area contributed by atoms with Crippen molar-refractivity contribution in [3.05, 3.63) is 77.0 Å². The monoisotopic (exact) mass is 317 g/mol. The molecule has 0 atom stereocenters. The van der Waals surface area contributed by atoms with Gasteiger partial charge in [-0.05, 0) is 37.1 Å². The lowest BCUT2D eigenvalue weighted by Crippen LogP contribution is -2.06. The largest absolute Gasteiger partial charge is 0.439 e. The number of nitrogens with two attached hydrogens (primary N) is 1. The highest BCUT2D eigenvalue weighted by Gasteiger charge is 2.16. The van der Waals surface area contributed by atoms with Gasteiger partial charge in [0.1, 0.15) is 17.5 Å². The van der Waals surface area contributed by atoms with Gasteiger partial charge < -0.3 is 10.5 Å². The molecule has 0 aliphatic rings. The Morgan fingerprint density at radius 3 is 2.46 bits per heavy atom. The number of rotatable bonds is 4. The van der Waals surface area contributed by atoms with Crippen LogP contribution < -0.4 is 10.5 Å². The lowest BCUT2D eigenvalue weighted by molar-refractivity contribution is 0.437. The summed E-state index contributed by atoms with van der Waals surface area (Å²) in [6, 6.07) is 19.7. The number of nitriles is 1. The summed E-state index contributed by atoms with van der Waals surface area (Å²) in [5.74, 6) is 1.19. The molecule has 120 valence electrons. The normalized spacial score (nSPS) is 10.4. The van der Waals surface area contributed by atoms with Crippen LogP contribution in [0.1, 0.15) is 22.4 Å². The van der Waals surface area contributed by atoms with Crippen molar-refractivity contribution in [2.75, 3.05) is 5.73 Å². The highest BCUT2D eigenvalue weighted by Crippen LogP contribution is 2.32. The molecule has 0 fully saturated rings. The molecule has 0 unspecified atom stereocenters. The van der Waals surface area contributed by atoms with Gasteiger partial charge in [-0.2, -0.15) is 5.26 Å². The Hall–Kier alpha value is -3.19. The van der Waals surface area contributed by atoms with Gasteiger partial charge in [0.2, 0.25) is 5.88 Å². The number of anilines is 1. The molecule has 4 heteroatoms. The molecular formula is C20H19N3O. The zero-order valence-corrected chi connectivity index (χ0v) is 13.8.